The third-order valence-corrected chi connectivity index (χ3v) is 3.06. The lowest BCUT2D eigenvalue weighted by Gasteiger charge is -2.14. The smallest absolute Gasteiger partial charge is 0.266 e. The van der Waals surface area contributed by atoms with E-state index in [2.05, 4.69) is 10.4 Å². The Bertz CT molecular complexity index is 628. The summed E-state index contributed by atoms with van der Waals surface area (Å²) in [6.07, 6.45) is 1.02. The summed E-state index contributed by atoms with van der Waals surface area (Å²) < 4.78 is 7.10. The molecule has 7 heteroatoms. The van der Waals surface area contributed by atoms with E-state index in [9.17, 15) is 4.79 Å². The Labute approximate surface area is 126 Å². The summed E-state index contributed by atoms with van der Waals surface area (Å²) in [7, 11) is 1.77. The van der Waals surface area contributed by atoms with Gasteiger partial charge in [0.1, 0.15) is 5.75 Å². The van der Waals surface area contributed by atoms with E-state index in [0.717, 1.165) is 0 Å². The van der Waals surface area contributed by atoms with Gasteiger partial charge in [0.15, 0.2) is 11.9 Å². The van der Waals surface area contributed by atoms with Crippen LogP contribution in [0.2, 0.25) is 10.0 Å². The van der Waals surface area contributed by atoms with Crippen LogP contribution in [0.5, 0.6) is 5.75 Å². The molecule has 106 valence electrons. The number of carbonyl (C=O) groups excluding carboxylic acids is 1. The Morgan fingerprint density at radius 3 is 2.75 bits per heavy atom. The Hall–Kier alpha value is -1.72. The van der Waals surface area contributed by atoms with E-state index in [-0.39, 0.29) is 5.91 Å². The number of aryl methyl sites for hydroxylation is 1. The third kappa shape index (κ3) is 3.65. The van der Waals surface area contributed by atoms with Gasteiger partial charge in [-0.3, -0.25) is 9.48 Å². The standard InChI is InChI=1S/C13H13Cl2N3O2/c1-8(13(19)16-12-5-6-18(2)17-12)20-11-4-3-9(14)7-10(11)15/h3-8H,1-2H3,(H,16,17,19)/t8-/m1/s1. The lowest BCUT2D eigenvalue weighted by molar-refractivity contribution is -0.122. The van der Waals surface area contributed by atoms with Crippen LogP contribution in [0.15, 0.2) is 30.5 Å². The minimum absolute atomic E-state index is 0.310. The SMILES string of the molecule is C[C@@H](Oc1ccc(Cl)cc1Cl)C(=O)Nc1ccn(C)n1. The maximum Gasteiger partial charge on any atom is 0.266 e. The van der Waals surface area contributed by atoms with Gasteiger partial charge >= 0.3 is 0 Å². The summed E-state index contributed by atoms with van der Waals surface area (Å²) in [5.41, 5.74) is 0. The zero-order valence-corrected chi connectivity index (χ0v) is 12.4. The number of hydrogen-bond acceptors (Lipinski definition) is 3. The number of nitrogens with one attached hydrogen (secondary N) is 1. The fourth-order valence-corrected chi connectivity index (χ4v) is 1.98. The molecule has 0 bridgehead atoms. The molecule has 1 heterocycles. The van der Waals surface area contributed by atoms with Crippen LogP contribution in [0.4, 0.5) is 5.82 Å². The average Bonchev–Trinajstić information content (AvgIpc) is 2.78. The highest BCUT2D eigenvalue weighted by molar-refractivity contribution is 6.35. The second-order valence-corrected chi connectivity index (χ2v) is 5.04. The van der Waals surface area contributed by atoms with E-state index in [1.54, 1.807) is 49.1 Å². The van der Waals surface area contributed by atoms with Crippen molar-refractivity contribution in [2.75, 3.05) is 5.32 Å². The van der Waals surface area contributed by atoms with Gasteiger partial charge in [-0.15, -0.1) is 0 Å². The quantitative estimate of drug-likeness (QED) is 0.943. The number of amides is 1. The zero-order valence-electron chi connectivity index (χ0n) is 10.9. The highest BCUT2D eigenvalue weighted by atomic mass is 35.5. The molecule has 0 fully saturated rings. The second kappa shape index (κ2) is 6.15. The van der Waals surface area contributed by atoms with Crippen molar-refractivity contribution in [1.82, 2.24) is 9.78 Å². The van der Waals surface area contributed by atoms with Crippen molar-refractivity contribution in [1.29, 1.82) is 0 Å². The van der Waals surface area contributed by atoms with Crippen molar-refractivity contribution in [2.45, 2.75) is 13.0 Å². The van der Waals surface area contributed by atoms with Crippen molar-refractivity contribution in [3.05, 3.63) is 40.5 Å². The van der Waals surface area contributed by atoms with Crippen LogP contribution in [0, 0.1) is 0 Å². The number of hydrogen-bond donors (Lipinski definition) is 1. The maximum atomic E-state index is 11.9. The summed E-state index contributed by atoms with van der Waals surface area (Å²) in [5, 5.41) is 7.57. The lowest BCUT2D eigenvalue weighted by atomic mass is 10.3. The van der Waals surface area contributed by atoms with Gasteiger partial charge < -0.3 is 10.1 Å². The molecule has 1 aromatic heterocycles. The summed E-state index contributed by atoms with van der Waals surface area (Å²) in [4.78, 5) is 11.9. The molecule has 20 heavy (non-hydrogen) atoms. The van der Waals surface area contributed by atoms with Gasteiger partial charge in [-0.2, -0.15) is 5.10 Å². The van der Waals surface area contributed by atoms with Crippen LogP contribution < -0.4 is 10.1 Å². The molecule has 0 spiro atoms. The average molecular weight is 314 g/mol. The summed E-state index contributed by atoms with van der Waals surface area (Å²) in [5.74, 6) is 0.560. The van der Waals surface area contributed by atoms with Crippen LogP contribution in [-0.4, -0.2) is 21.8 Å². The molecule has 0 radical (unpaired) electrons. The van der Waals surface area contributed by atoms with Crippen LogP contribution in [0.3, 0.4) is 0 Å². The molecule has 0 saturated heterocycles. The van der Waals surface area contributed by atoms with E-state index in [1.807, 2.05) is 0 Å². The highest BCUT2D eigenvalue weighted by Gasteiger charge is 2.17. The molecule has 2 rings (SSSR count). The Balaban J connectivity index is 2.00. The van der Waals surface area contributed by atoms with E-state index in [1.165, 1.54) is 0 Å². The third-order valence-electron chi connectivity index (χ3n) is 2.53. The monoisotopic (exact) mass is 313 g/mol. The largest absolute Gasteiger partial charge is 0.479 e. The Morgan fingerprint density at radius 2 is 2.15 bits per heavy atom. The number of benzene rings is 1. The van der Waals surface area contributed by atoms with Gasteiger partial charge in [0.05, 0.1) is 5.02 Å². The van der Waals surface area contributed by atoms with Gasteiger partial charge in [-0.25, -0.2) is 0 Å². The van der Waals surface area contributed by atoms with Crippen molar-refractivity contribution >= 4 is 34.9 Å². The highest BCUT2D eigenvalue weighted by Crippen LogP contribution is 2.28. The van der Waals surface area contributed by atoms with E-state index in [4.69, 9.17) is 27.9 Å². The van der Waals surface area contributed by atoms with Crippen molar-refractivity contribution in [3.63, 3.8) is 0 Å². The molecular formula is C13H13Cl2N3O2. The number of aromatic nitrogens is 2. The molecule has 0 aliphatic heterocycles. The number of nitrogens with zero attached hydrogens (tertiary/aromatic N) is 2. The van der Waals surface area contributed by atoms with Crippen LogP contribution in [0.25, 0.3) is 0 Å². The zero-order chi connectivity index (χ0) is 14.7. The normalized spacial score (nSPS) is 12.0. The van der Waals surface area contributed by atoms with Crippen molar-refractivity contribution < 1.29 is 9.53 Å². The molecule has 1 N–H and O–H groups in total. The van der Waals surface area contributed by atoms with Gasteiger partial charge in [0, 0.05) is 24.3 Å². The number of rotatable bonds is 4. The van der Waals surface area contributed by atoms with Crippen LogP contribution >= 0.6 is 23.2 Å². The minimum Gasteiger partial charge on any atom is -0.479 e. The maximum absolute atomic E-state index is 11.9. The number of anilines is 1. The Kier molecular flexibility index (Phi) is 4.52. The summed E-state index contributed by atoms with van der Waals surface area (Å²) >= 11 is 11.8. The molecule has 0 aliphatic carbocycles. The second-order valence-electron chi connectivity index (χ2n) is 4.20. The molecule has 1 atom stereocenters. The lowest BCUT2D eigenvalue weighted by Crippen LogP contribution is -2.30. The molecule has 5 nitrogen and oxygen atoms in total. The van der Waals surface area contributed by atoms with Gasteiger partial charge in [-0.1, -0.05) is 23.2 Å². The van der Waals surface area contributed by atoms with Gasteiger partial charge in [-0.05, 0) is 25.1 Å². The van der Waals surface area contributed by atoms with Crippen molar-refractivity contribution in [3.8, 4) is 5.75 Å². The van der Waals surface area contributed by atoms with E-state index >= 15 is 0 Å². The molecule has 0 unspecified atom stereocenters. The molecular weight excluding hydrogens is 301 g/mol. The topological polar surface area (TPSA) is 56.1 Å². The van der Waals surface area contributed by atoms with Gasteiger partial charge in [0.25, 0.3) is 5.91 Å². The Morgan fingerprint density at radius 1 is 1.40 bits per heavy atom. The molecule has 1 amide bonds. The van der Waals surface area contributed by atoms with E-state index in [0.29, 0.717) is 21.6 Å². The first-order valence-electron chi connectivity index (χ1n) is 5.88. The summed E-state index contributed by atoms with van der Waals surface area (Å²) in [6, 6.07) is 6.52. The number of carbonyl (C=O) groups is 1. The first-order valence-corrected chi connectivity index (χ1v) is 6.63. The number of ether oxygens (including phenoxy) is 1. The number of halogens is 2. The van der Waals surface area contributed by atoms with Crippen molar-refractivity contribution in [2.24, 2.45) is 7.05 Å². The fourth-order valence-electron chi connectivity index (χ4n) is 1.52. The van der Waals surface area contributed by atoms with Crippen LogP contribution in [-0.2, 0) is 11.8 Å². The minimum atomic E-state index is -0.712. The first-order chi connectivity index (χ1) is 9.45. The summed E-state index contributed by atoms with van der Waals surface area (Å²) in [6.45, 7) is 1.63. The predicted octanol–water partition coefficient (Wildman–Crippen LogP) is 3.13. The van der Waals surface area contributed by atoms with Gasteiger partial charge in [0.2, 0.25) is 0 Å². The molecule has 1 aromatic carbocycles. The molecule has 0 aliphatic rings. The predicted molar refractivity (Wildman–Crippen MR) is 78.4 cm³/mol. The van der Waals surface area contributed by atoms with E-state index < -0.39 is 6.10 Å². The molecule has 2 aromatic rings. The first kappa shape index (κ1) is 14.7. The fraction of sp³-hybridized carbons (Fsp3) is 0.231. The van der Waals surface area contributed by atoms with Crippen LogP contribution in [0.1, 0.15) is 6.92 Å². The molecule has 0 saturated carbocycles.